The number of para-hydroxylation sites is 1. The van der Waals surface area contributed by atoms with Gasteiger partial charge in [0.25, 0.3) is 0 Å². The van der Waals surface area contributed by atoms with E-state index in [2.05, 4.69) is 28.0 Å². The Kier molecular flexibility index (Phi) is 4.62. The van der Waals surface area contributed by atoms with Crippen molar-refractivity contribution in [3.8, 4) is 5.69 Å². The number of nitrogens with zero attached hydrogens (tertiary/aromatic N) is 4. The van der Waals surface area contributed by atoms with Crippen molar-refractivity contribution in [2.24, 2.45) is 0 Å². The lowest BCUT2D eigenvalue weighted by Gasteiger charge is -2.43. The molecule has 2 saturated heterocycles. The Labute approximate surface area is 155 Å². The van der Waals surface area contributed by atoms with Gasteiger partial charge in [-0.1, -0.05) is 25.1 Å². The molecule has 26 heavy (non-hydrogen) atoms. The molecule has 0 radical (unpaired) electrons. The van der Waals surface area contributed by atoms with Gasteiger partial charge in [-0.3, -0.25) is 9.80 Å². The molecule has 140 valence electrons. The number of aryl methyl sites for hydroxylation is 1. The van der Waals surface area contributed by atoms with Crippen LogP contribution in [0.15, 0.2) is 36.5 Å². The van der Waals surface area contributed by atoms with Crippen LogP contribution in [0.4, 0.5) is 0 Å². The summed E-state index contributed by atoms with van der Waals surface area (Å²) in [6.45, 7) is 7.65. The summed E-state index contributed by atoms with van der Waals surface area (Å²) >= 11 is 0. The highest BCUT2D eigenvalue weighted by molar-refractivity contribution is 7.91. The highest BCUT2D eigenvalue weighted by atomic mass is 32.2. The molecule has 7 heteroatoms. The average Bonchev–Trinajstić information content (AvgIpc) is 3.15. The Balaban J connectivity index is 1.57. The molecule has 6 nitrogen and oxygen atoms in total. The molecule has 2 aromatic rings. The smallest absolute Gasteiger partial charge is 0.153 e. The molecule has 2 atom stereocenters. The Morgan fingerprint density at radius 3 is 2.42 bits per heavy atom. The van der Waals surface area contributed by atoms with E-state index in [1.165, 1.54) is 5.56 Å². The van der Waals surface area contributed by atoms with Crippen LogP contribution < -0.4 is 0 Å². The third kappa shape index (κ3) is 3.31. The zero-order valence-electron chi connectivity index (χ0n) is 15.4. The summed E-state index contributed by atoms with van der Waals surface area (Å²) in [5.74, 6) is 0.574. The van der Waals surface area contributed by atoms with Crippen LogP contribution in [0.5, 0.6) is 0 Å². The summed E-state index contributed by atoms with van der Waals surface area (Å²) in [6, 6.07) is 10.3. The molecule has 0 bridgehead atoms. The fraction of sp³-hybridized carbons (Fsp3) is 0.526. The lowest BCUT2D eigenvalue weighted by molar-refractivity contribution is 0.0438. The second-order valence-corrected chi connectivity index (χ2v) is 9.48. The van der Waals surface area contributed by atoms with E-state index >= 15 is 0 Å². The molecule has 0 saturated carbocycles. The molecule has 1 aromatic heterocycles. The molecule has 2 aliphatic heterocycles. The van der Waals surface area contributed by atoms with Crippen LogP contribution in [0.1, 0.15) is 18.2 Å². The number of fused-ring (bicyclic) bond motifs is 1. The summed E-state index contributed by atoms with van der Waals surface area (Å²) in [6.07, 6.45) is 2.08. The van der Waals surface area contributed by atoms with Crippen molar-refractivity contribution in [2.45, 2.75) is 32.5 Å². The predicted octanol–water partition coefficient (Wildman–Crippen LogP) is 1.48. The number of hydrogen-bond acceptors (Lipinski definition) is 5. The molecule has 0 amide bonds. The summed E-state index contributed by atoms with van der Waals surface area (Å²) in [4.78, 5) is 4.67. The molecule has 3 heterocycles. The highest BCUT2D eigenvalue weighted by Gasteiger charge is 2.46. The first kappa shape index (κ1) is 17.7. The number of piperazine rings is 1. The van der Waals surface area contributed by atoms with E-state index in [0.29, 0.717) is 5.75 Å². The van der Waals surface area contributed by atoms with Gasteiger partial charge in [-0.15, -0.1) is 0 Å². The second kappa shape index (κ2) is 6.79. The SMILES string of the molecule is CCN1CCN(Cc2cn(-c3ccccc3)nc2C)[C@H]2CS(=O)(=O)C[C@H]21. The summed E-state index contributed by atoms with van der Waals surface area (Å²) in [5.41, 5.74) is 3.21. The van der Waals surface area contributed by atoms with E-state index in [0.717, 1.165) is 37.6 Å². The fourth-order valence-corrected chi connectivity index (χ4v) is 6.31. The van der Waals surface area contributed by atoms with Crippen LogP contribution in [-0.2, 0) is 16.4 Å². The maximum atomic E-state index is 12.2. The fourth-order valence-electron chi connectivity index (χ4n) is 4.27. The largest absolute Gasteiger partial charge is 0.297 e. The number of hydrogen-bond donors (Lipinski definition) is 0. The van der Waals surface area contributed by atoms with Crippen LogP contribution in [0.25, 0.3) is 5.69 Å². The van der Waals surface area contributed by atoms with E-state index in [4.69, 9.17) is 0 Å². The van der Waals surface area contributed by atoms with Crippen molar-refractivity contribution in [3.05, 3.63) is 47.8 Å². The van der Waals surface area contributed by atoms with Crippen molar-refractivity contribution >= 4 is 9.84 Å². The first-order valence-corrected chi connectivity index (χ1v) is 11.1. The molecular formula is C19H26N4O2S. The van der Waals surface area contributed by atoms with Gasteiger partial charge >= 0.3 is 0 Å². The van der Waals surface area contributed by atoms with Gasteiger partial charge in [-0.25, -0.2) is 13.1 Å². The number of aromatic nitrogens is 2. The third-order valence-corrected chi connectivity index (χ3v) is 7.41. The van der Waals surface area contributed by atoms with E-state index in [9.17, 15) is 8.42 Å². The Hall–Kier alpha value is -1.70. The topological polar surface area (TPSA) is 58.4 Å². The lowest BCUT2D eigenvalue weighted by Crippen LogP contribution is -2.58. The van der Waals surface area contributed by atoms with Crippen molar-refractivity contribution in [3.63, 3.8) is 0 Å². The van der Waals surface area contributed by atoms with E-state index < -0.39 is 9.84 Å². The highest BCUT2D eigenvalue weighted by Crippen LogP contribution is 2.28. The van der Waals surface area contributed by atoms with Gasteiger partial charge < -0.3 is 0 Å². The number of sulfone groups is 1. The summed E-state index contributed by atoms with van der Waals surface area (Å²) in [7, 11) is -2.95. The molecule has 2 fully saturated rings. The second-order valence-electron chi connectivity index (χ2n) is 7.33. The van der Waals surface area contributed by atoms with Gasteiger partial charge in [-0.2, -0.15) is 5.10 Å². The average molecular weight is 375 g/mol. The van der Waals surface area contributed by atoms with E-state index in [1.807, 2.05) is 41.9 Å². The molecule has 1 aromatic carbocycles. The van der Waals surface area contributed by atoms with Gasteiger partial charge in [0.15, 0.2) is 9.84 Å². The molecular weight excluding hydrogens is 348 g/mol. The quantitative estimate of drug-likeness (QED) is 0.811. The minimum absolute atomic E-state index is 0.0909. The molecule has 0 spiro atoms. The Bertz CT molecular complexity index is 878. The number of likely N-dealkylation sites (N-methyl/N-ethyl adjacent to an activating group) is 1. The number of benzene rings is 1. The van der Waals surface area contributed by atoms with Gasteiger partial charge in [0.2, 0.25) is 0 Å². The van der Waals surface area contributed by atoms with Crippen molar-refractivity contribution in [1.82, 2.24) is 19.6 Å². The van der Waals surface area contributed by atoms with E-state index in [1.54, 1.807) is 0 Å². The zero-order chi connectivity index (χ0) is 18.3. The van der Waals surface area contributed by atoms with Crippen molar-refractivity contribution in [1.29, 1.82) is 0 Å². The van der Waals surface area contributed by atoms with Crippen LogP contribution in [0.2, 0.25) is 0 Å². The minimum atomic E-state index is -2.95. The summed E-state index contributed by atoms with van der Waals surface area (Å²) in [5, 5.41) is 4.65. The standard InChI is InChI=1S/C19H26N4O2S/c1-3-21-9-10-22(19-14-26(24,25)13-18(19)21)11-16-12-23(20-15(16)2)17-7-5-4-6-8-17/h4-8,12,18-19H,3,9-11,13-14H2,1-2H3/t18-,19+/m1/s1. The molecule has 0 aliphatic carbocycles. The van der Waals surface area contributed by atoms with Crippen LogP contribution in [0.3, 0.4) is 0 Å². The normalized spacial score (nSPS) is 26.1. The molecule has 2 aliphatic rings. The van der Waals surface area contributed by atoms with Crippen molar-refractivity contribution < 1.29 is 8.42 Å². The van der Waals surface area contributed by atoms with Crippen molar-refractivity contribution in [2.75, 3.05) is 31.1 Å². The molecule has 0 unspecified atom stereocenters. The predicted molar refractivity (Wildman–Crippen MR) is 102 cm³/mol. The number of rotatable bonds is 4. The monoisotopic (exact) mass is 374 g/mol. The Morgan fingerprint density at radius 1 is 1.08 bits per heavy atom. The lowest BCUT2D eigenvalue weighted by atomic mass is 10.0. The van der Waals surface area contributed by atoms with Crippen LogP contribution in [0, 0.1) is 6.92 Å². The maximum Gasteiger partial charge on any atom is 0.153 e. The van der Waals surface area contributed by atoms with Crippen LogP contribution >= 0.6 is 0 Å². The summed E-state index contributed by atoms with van der Waals surface area (Å²) < 4.78 is 26.4. The first-order valence-electron chi connectivity index (χ1n) is 9.26. The Morgan fingerprint density at radius 2 is 1.73 bits per heavy atom. The van der Waals surface area contributed by atoms with Gasteiger partial charge in [0.1, 0.15) is 0 Å². The van der Waals surface area contributed by atoms with Crippen LogP contribution in [-0.4, -0.2) is 71.2 Å². The molecule has 4 rings (SSSR count). The van der Waals surface area contributed by atoms with Gasteiger partial charge in [-0.05, 0) is 25.6 Å². The third-order valence-electron chi connectivity index (χ3n) is 5.71. The molecule has 0 N–H and O–H groups in total. The van der Waals surface area contributed by atoms with E-state index in [-0.39, 0.29) is 17.8 Å². The van der Waals surface area contributed by atoms with Gasteiger partial charge in [0, 0.05) is 43.5 Å². The first-order chi connectivity index (χ1) is 12.5. The maximum absolute atomic E-state index is 12.2. The zero-order valence-corrected chi connectivity index (χ0v) is 16.2. The van der Waals surface area contributed by atoms with Gasteiger partial charge in [0.05, 0.1) is 22.9 Å². The minimum Gasteiger partial charge on any atom is -0.297 e.